The predicted molar refractivity (Wildman–Crippen MR) is 106 cm³/mol. The fourth-order valence-corrected chi connectivity index (χ4v) is 3.31. The molecule has 1 atom stereocenters. The maximum absolute atomic E-state index is 5.37. The number of halogens is 1. The van der Waals surface area contributed by atoms with Gasteiger partial charge in [0.25, 0.3) is 0 Å². The maximum atomic E-state index is 5.37. The molecule has 1 N–H and O–H groups in total. The molecule has 0 bridgehead atoms. The zero-order valence-corrected chi connectivity index (χ0v) is 17.3. The SMILES string of the molecule is CCCC1(C)CCCN(C(=NC)NCCCCOCC)C1.I. The first kappa shape index (κ1) is 22.0. The summed E-state index contributed by atoms with van der Waals surface area (Å²) < 4.78 is 5.37. The van der Waals surface area contributed by atoms with E-state index < -0.39 is 0 Å². The Balaban J connectivity index is 0.00000441. The number of hydrogen-bond donors (Lipinski definition) is 1. The van der Waals surface area contributed by atoms with Crippen LogP contribution < -0.4 is 5.32 Å². The van der Waals surface area contributed by atoms with Gasteiger partial charge in [-0.2, -0.15) is 0 Å². The smallest absolute Gasteiger partial charge is 0.193 e. The maximum Gasteiger partial charge on any atom is 0.193 e. The van der Waals surface area contributed by atoms with Gasteiger partial charge in [0.05, 0.1) is 0 Å². The fraction of sp³-hybridized carbons (Fsp3) is 0.941. The lowest BCUT2D eigenvalue weighted by Gasteiger charge is -2.42. The van der Waals surface area contributed by atoms with Crippen molar-refractivity contribution in [1.82, 2.24) is 10.2 Å². The molecular formula is C17H36IN3O. The van der Waals surface area contributed by atoms with E-state index in [2.05, 4.69) is 29.1 Å². The summed E-state index contributed by atoms with van der Waals surface area (Å²) in [5.74, 6) is 1.08. The number of likely N-dealkylation sites (tertiary alicyclic amines) is 1. The number of guanidine groups is 1. The normalized spacial score (nSPS) is 22.4. The second-order valence-corrected chi connectivity index (χ2v) is 6.46. The lowest BCUT2D eigenvalue weighted by atomic mass is 9.78. The lowest BCUT2D eigenvalue weighted by Crippen LogP contribution is -2.50. The van der Waals surface area contributed by atoms with E-state index in [1.165, 1.54) is 25.7 Å². The van der Waals surface area contributed by atoms with Crippen LogP contribution in [0.15, 0.2) is 4.99 Å². The highest BCUT2D eigenvalue weighted by atomic mass is 127. The third-order valence-electron chi connectivity index (χ3n) is 4.35. The van der Waals surface area contributed by atoms with Gasteiger partial charge in [-0.15, -0.1) is 24.0 Å². The van der Waals surface area contributed by atoms with Crippen molar-refractivity contribution in [3.63, 3.8) is 0 Å². The van der Waals surface area contributed by atoms with E-state index in [9.17, 15) is 0 Å². The van der Waals surface area contributed by atoms with Crippen LogP contribution >= 0.6 is 24.0 Å². The number of aliphatic imine (C=N–C) groups is 1. The Morgan fingerprint density at radius 2 is 2.09 bits per heavy atom. The van der Waals surface area contributed by atoms with E-state index in [0.717, 1.165) is 51.6 Å². The molecule has 1 heterocycles. The lowest BCUT2D eigenvalue weighted by molar-refractivity contribution is 0.140. The van der Waals surface area contributed by atoms with Gasteiger partial charge in [0.2, 0.25) is 0 Å². The number of rotatable bonds is 8. The first-order chi connectivity index (χ1) is 10.1. The molecule has 0 aromatic heterocycles. The molecule has 1 unspecified atom stereocenters. The Kier molecular flexibility index (Phi) is 12.4. The summed E-state index contributed by atoms with van der Waals surface area (Å²) in [6.07, 6.45) is 7.47. The zero-order chi connectivity index (χ0) is 15.6. The summed E-state index contributed by atoms with van der Waals surface area (Å²) in [7, 11) is 1.90. The number of nitrogens with one attached hydrogen (secondary N) is 1. The van der Waals surface area contributed by atoms with Crippen molar-refractivity contribution in [3.8, 4) is 0 Å². The van der Waals surface area contributed by atoms with Gasteiger partial charge >= 0.3 is 0 Å². The van der Waals surface area contributed by atoms with Crippen LogP contribution in [-0.4, -0.2) is 50.8 Å². The molecule has 22 heavy (non-hydrogen) atoms. The molecule has 0 spiro atoms. The van der Waals surface area contributed by atoms with Gasteiger partial charge in [-0.25, -0.2) is 0 Å². The minimum absolute atomic E-state index is 0. The largest absolute Gasteiger partial charge is 0.382 e. The first-order valence-electron chi connectivity index (χ1n) is 8.68. The van der Waals surface area contributed by atoms with Crippen molar-refractivity contribution in [2.45, 2.75) is 59.3 Å². The Bertz CT molecular complexity index is 308. The molecule has 0 aromatic rings. The van der Waals surface area contributed by atoms with Crippen molar-refractivity contribution < 1.29 is 4.74 Å². The molecule has 0 amide bonds. The minimum Gasteiger partial charge on any atom is -0.382 e. The van der Waals surface area contributed by atoms with Crippen molar-refractivity contribution in [1.29, 1.82) is 0 Å². The van der Waals surface area contributed by atoms with Gasteiger partial charge in [0.15, 0.2) is 5.96 Å². The highest BCUT2D eigenvalue weighted by Crippen LogP contribution is 2.33. The van der Waals surface area contributed by atoms with Crippen LogP contribution in [0, 0.1) is 5.41 Å². The van der Waals surface area contributed by atoms with E-state index >= 15 is 0 Å². The first-order valence-corrected chi connectivity index (χ1v) is 8.68. The van der Waals surface area contributed by atoms with Gasteiger partial charge in [0.1, 0.15) is 0 Å². The van der Waals surface area contributed by atoms with Gasteiger partial charge < -0.3 is 15.0 Å². The van der Waals surface area contributed by atoms with E-state index in [-0.39, 0.29) is 24.0 Å². The molecule has 132 valence electrons. The predicted octanol–water partition coefficient (Wildman–Crippen LogP) is 3.90. The molecule has 0 radical (unpaired) electrons. The van der Waals surface area contributed by atoms with Crippen LogP contribution in [0.3, 0.4) is 0 Å². The zero-order valence-electron chi connectivity index (χ0n) is 15.0. The van der Waals surface area contributed by atoms with Gasteiger partial charge in [-0.1, -0.05) is 20.3 Å². The van der Waals surface area contributed by atoms with Crippen molar-refractivity contribution in [3.05, 3.63) is 0 Å². The summed E-state index contributed by atoms with van der Waals surface area (Å²) in [5.41, 5.74) is 0.458. The van der Waals surface area contributed by atoms with Crippen LogP contribution in [0.2, 0.25) is 0 Å². The monoisotopic (exact) mass is 425 g/mol. The molecule has 1 saturated heterocycles. The molecule has 0 aliphatic carbocycles. The summed E-state index contributed by atoms with van der Waals surface area (Å²) in [6, 6.07) is 0. The van der Waals surface area contributed by atoms with Gasteiger partial charge in [-0.05, 0) is 44.4 Å². The van der Waals surface area contributed by atoms with E-state index in [1.54, 1.807) is 0 Å². The van der Waals surface area contributed by atoms with E-state index in [4.69, 9.17) is 4.74 Å². The number of hydrogen-bond acceptors (Lipinski definition) is 2. The standard InChI is InChI=1S/C17H35N3O.HI/c1-5-10-17(3)11-9-13-20(15-17)16(18-4)19-12-7-8-14-21-6-2;/h5-15H2,1-4H3,(H,18,19);1H. The molecule has 0 aromatic carbocycles. The highest BCUT2D eigenvalue weighted by Gasteiger charge is 2.31. The van der Waals surface area contributed by atoms with Gasteiger partial charge in [-0.3, -0.25) is 4.99 Å². The fourth-order valence-electron chi connectivity index (χ4n) is 3.31. The van der Waals surface area contributed by atoms with Crippen LogP contribution in [0.25, 0.3) is 0 Å². The average molecular weight is 425 g/mol. The number of nitrogens with zero attached hydrogens (tertiary/aromatic N) is 2. The van der Waals surface area contributed by atoms with Crippen LogP contribution in [-0.2, 0) is 4.74 Å². The summed E-state index contributed by atoms with van der Waals surface area (Å²) in [4.78, 5) is 6.92. The summed E-state index contributed by atoms with van der Waals surface area (Å²) in [5, 5.41) is 3.52. The Hall–Kier alpha value is -0.0400. The van der Waals surface area contributed by atoms with Gasteiger partial charge in [0, 0.05) is 39.9 Å². The van der Waals surface area contributed by atoms with Crippen molar-refractivity contribution in [2.24, 2.45) is 10.4 Å². The molecule has 5 heteroatoms. The molecule has 1 fully saturated rings. The second-order valence-electron chi connectivity index (χ2n) is 6.46. The van der Waals surface area contributed by atoms with Crippen molar-refractivity contribution >= 4 is 29.9 Å². The number of piperidine rings is 1. The Labute approximate surface area is 154 Å². The Morgan fingerprint density at radius 1 is 1.32 bits per heavy atom. The highest BCUT2D eigenvalue weighted by molar-refractivity contribution is 14.0. The van der Waals surface area contributed by atoms with Crippen LogP contribution in [0.4, 0.5) is 0 Å². The third kappa shape index (κ3) is 7.99. The summed E-state index contributed by atoms with van der Waals surface area (Å²) >= 11 is 0. The molecule has 1 aliphatic heterocycles. The molecule has 4 nitrogen and oxygen atoms in total. The van der Waals surface area contributed by atoms with Crippen LogP contribution in [0.1, 0.15) is 59.3 Å². The molecule has 0 saturated carbocycles. The Morgan fingerprint density at radius 3 is 2.73 bits per heavy atom. The average Bonchev–Trinajstić information content (AvgIpc) is 2.46. The quantitative estimate of drug-likeness (QED) is 0.277. The molecule has 1 aliphatic rings. The van der Waals surface area contributed by atoms with E-state index in [0.29, 0.717) is 5.41 Å². The third-order valence-corrected chi connectivity index (χ3v) is 4.35. The number of unbranched alkanes of at least 4 members (excludes halogenated alkanes) is 1. The molecular weight excluding hydrogens is 389 g/mol. The summed E-state index contributed by atoms with van der Waals surface area (Å²) in [6.45, 7) is 11.7. The van der Waals surface area contributed by atoms with Crippen molar-refractivity contribution in [2.75, 3.05) is 39.9 Å². The second kappa shape index (κ2) is 12.4. The number of ether oxygens (including phenoxy) is 1. The van der Waals surface area contributed by atoms with E-state index in [1.807, 2.05) is 14.0 Å². The van der Waals surface area contributed by atoms with Crippen LogP contribution in [0.5, 0.6) is 0 Å². The topological polar surface area (TPSA) is 36.9 Å². The minimum atomic E-state index is 0. The molecule has 1 rings (SSSR count).